The first-order valence-corrected chi connectivity index (χ1v) is 9.24. The van der Waals surface area contributed by atoms with E-state index in [0.717, 1.165) is 11.2 Å². The number of benzene rings is 1. The maximum atomic E-state index is 12.8. The van der Waals surface area contributed by atoms with Crippen LogP contribution in [0.2, 0.25) is 0 Å². The Morgan fingerprint density at radius 2 is 2.10 bits per heavy atom. The fraction of sp³-hybridized carbons (Fsp3) is 0.300. The van der Waals surface area contributed by atoms with Crippen LogP contribution in [0.5, 0.6) is 0 Å². The second-order valence-electron chi connectivity index (χ2n) is 6.79. The van der Waals surface area contributed by atoms with Crippen molar-refractivity contribution in [2.75, 3.05) is 31.2 Å². The molecule has 150 valence electrons. The van der Waals surface area contributed by atoms with Crippen molar-refractivity contribution in [2.45, 2.75) is 13.5 Å². The molecule has 0 saturated carbocycles. The maximum absolute atomic E-state index is 12.8. The summed E-state index contributed by atoms with van der Waals surface area (Å²) in [6.45, 7) is 4.20. The fourth-order valence-electron chi connectivity index (χ4n) is 3.37. The second-order valence-corrected chi connectivity index (χ2v) is 6.79. The molecule has 3 heterocycles. The molecule has 4 rings (SSSR count). The summed E-state index contributed by atoms with van der Waals surface area (Å²) < 4.78 is 12.7. The first kappa shape index (κ1) is 18.9. The van der Waals surface area contributed by atoms with Gasteiger partial charge in [0.1, 0.15) is 12.3 Å². The van der Waals surface area contributed by atoms with Gasteiger partial charge in [-0.2, -0.15) is 0 Å². The minimum Gasteiger partial charge on any atom is -0.455 e. The summed E-state index contributed by atoms with van der Waals surface area (Å²) in [5, 5.41) is 11.2. The van der Waals surface area contributed by atoms with E-state index in [4.69, 9.17) is 9.47 Å². The van der Waals surface area contributed by atoms with Crippen molar-refractivity contribution in [3.8, 4) is 0 Å². The molecule has 9 heteroatoms. The fourth-order valence-corrected chi connectivity index (χ4v) is 3.37. The minimum atomic E-state index is -0.621. The molecule has 0 N–H and O–H groups in total. The summed E-state index contributed by atoms with van der Waals surface area (Å²) in [7, 11) is 0. The number of aromatic nitrogens is 2. The lowest BCUT2D eigenvalue weighted by Gasteiger charge is -2.30. The first-order valence-electron chi connectivity index (χ1n) is 9.24. The van der Waals surface area contributed by atoms with Gasteiger partial charge in [0.15, 0.2) is 0 Å². The number of morpholine rings is 1. The summed E-state index contributed by atoms with van der Waals surface area (Å²) in [5.74, 6) is -0.621. The van der Waals surface area contributed by atoms with Crippen molar-refractivity contribution < 1.29 is 19.2 Å². The lowest BCUT2D eigenvalue weighted by atomic mass is 10.1. The third-order valence-corrected chi connectivity index (χ3v) is 4.84. The standard InChI is InChI=1S/C20H20N4O5/c1-14-3-2-6-23-12-15(21-19(14)23)13-29-20(25)17-11-16(24(26)27)4-5-18(17)22-7-9-28-10-8-22/h2-6,11-12H,7-10,13H2,1H3. The molecule has 1 aliphatic heterocycles. The third-order valence-electron chi connectivity index (χ3n) is 4.84. The van der Waals surface area contributed by atoms with Crippen LogP contribution < -0.4 is 4.90 Å². The predicted molar refractivity (Wildman–Crippen MR) is 105 cm³/mol. The van der Waals surface area contributed by atoms with Gasteiger partial charge in [-0.1, -0.05) is 6.07 Å². The number of rotatable bonds is 5. The van der Waals surface area contributed by atoms with E-state index in [-0.39, 0.29) is 17.9 Å². The zero-order chi connectivity index (χ0) is 20.4. The summed E-state index contributed by atoms with van der Waals surface area (Å²) in [4.78, 5) is 29.9. The van der Waals surface area contributed by atoms with Gasteiger partial charge < -0.3 is 18.8 Å². The molecule has 0 radical (unpaired) electrons. The molecule has 0 atom stereocenters. The van der Waals surface area contributed by atoms with Crippen LogP contribution in [-0.2, 0) is 16.1 Å². The van der Waals surface area contributed by atoms with Crippen LogP contribution in [0.4, 0.5) is 11.4 Å². The van der Waals surface area contributed by atoms with Crippen LogP contribution in [-0.4, -0.2) is 46.6 Å². The minimum absolute atomic E-state index is 0.0226. The zero-order valence-corrected chi connectivity index (χ0v) is 15.9. The molecule has 0 unspecified atom stereocenters. The van der Waals surface area contributed by atoms with Gasteiger partial charge in [-0.05, 0) is 24.6 Å². The smallest absolute Gasteiger partial charge is 0.340 e. The van der Waals surface area contributed by atoms with Gasteiger partial charge in [0.25, 0.3) is 5.69 Å². The molecule has 0 aliphatic carbocycles. The quantitative estimate of drug-likeness (QED) is 0.371. The molecule has 1 aromatic carbocycles. The van der Waals surface area contributed by atoms with E-state index in [1.807, 2.05) is 34.6 Å². The van der Waals surface area contributed by atoms with E-state index in [1.54, 1.807) is 12.3 Å². The largest absolute Gasteiger partial charge is 0.455 e. The van der Waals surface area contributed by atoms with Crippen LogP contribution in [0.25, 0.3) is 5.65 Å². The van der Waals surface area contributed by atoms with Gasteiger partial charge in [-0.3, -0.25) is 10.1 Å². The monoisotopic (exact) mass is 396 g/mol. The number of anilines is 1. The number of imidazole rings is 1. The number of non-ortho nitro benzene ring substituents is 1. The molecule has 3 aromatic rings. The Labute approximate surface area is 166 Å². The average Bonchev–Trinajstić information content (AvgIpc) is 3.17. The highest BCUT2D eigenvalue weighted by Gasteiger charge is 2.23. The molecule has 2 aromatic heterocycles. The Kier molecular flexibility index (Phi) is 5.13. The molecule has 9 nitrogen and oxygen atoms in total. The normalized spacial score (nSPS) is 14.2. The zero-order valence-electron chi connectivity index (χ0n) is 15.9. The van der Waals surface area contributed by atoms with E-state index in [2.05, 4.69) is 4.98 Å². The maximum Gasteiger partial charge on any atom is 0.340 e. The number of nitrogens with zero attached hydrogens (tertiary/aromatic N) is 4. The highest BCUT2D eigenvalue weighted by Crippen LogP contribution is 2.27. The molecule has 0 spiro atoms. The number of hydrogen-bond acceptors (Lipinski definition) is 7. The molecule has 1 saturated heterocycles. The Morgan fingerprint density at radius 1 is 1.31 bits per heavy atom. The lowest BCUT2D eigenvalue weighted by Crippen LogP contribution is -2.37. The van der Waals surface area contributed by atoms with E-state index in [9.17, 15) is 14.9 Å². The summed E-state index contributed by atoms with van der Waals surface area (Å²) in [5.41, 5.74) is 3.03. The number of nitro groups is 1. The number of ether oxygens (including phenoxy) is 2. The molecule has 1 fully saturated rings. The SMILES string of the molecule is Cc1cccn2cc(COC(=O)c3cc([N+](=O)[O-])ccc3N3CCOCC3)nc12. The van der Waals surface area contributed by atoms with Gasteiger partial charge in [0.05, 0.1) is 35.1 Å². The summed E-state index contributed by atoms with van der Waals surface area (Å²) in [6, 6.07) is 8.12. The van der Waals surface area contributed by atoms with Gasteiger partial charge >= 0.3 is 5.97 Å². The van der Waals surface area contributed by atoms with Gasteiger partial charge in [0, 0.05) is 37.6 Å². The molecule has 29 heavy (non-hydrogen) atoms. The number of esters is 1. The number of nitro benzene ring substituents is 1. The van der Waals surface area contributed by atoms with Crippen molar-refractivity contribution in [1.82, 2.24) is 9.38 Å². The van der Waals surface area contributed by atoms with Gasteiger partial charge in [0.2, 0.25) is 0 Å². The number of hydrogen-bond donors (Lipinski definition) is 0. The van der Waals surface area contributed by atoms with Gasteiger partial charge in [-0.25, -0.2) is 9.78 Å². The van der Waals surface area contributed by atoms with E-state index in [0.29, 0.717) is 37.7 Å². The molecule has 1 aliphatic rings. The van der Waals surface area contributed by atoms with Crippen LogP contribution in [0.3, 0.4) is 0 Å². The van der Waals surface area contributed by atoms with Crippen molar-refractivity contribution in [3.63, 3.8) is 0 Å². The van der Waals surface area contributed by atoms with Crippen molar-refractivity contribution in [3.05, 3.63) is 69.7 Å². The number of carbonyl (C=O) groups is 1. The molecule has 0 amide bonds. The van der Waals surface area contributed by atoms with Crippen LogP contribution in [0, 0.1) is 17.0 Å². The van der Waals surface area contributed by atoms with Gasteiger partial charge in [-0.15, -0.1) is 0 Å². The third kappa shape index (κ3) is 3.90. The van der Waals surface area contributed by atoms with Crippen LogP contribution in [0.1, 0.15) is 21.6 Å². The number of carbonyl (C=O) groups excluding carboxylic acids is 1. The van der Waals surface area contributed by atoms with Crippen LogP contribution >= 0.6 is 0 Å². The second kappa shape index (κ2) is 7.88. The van der Waals surface area contributed by atoms with Crippen molar-refractivity contribution in [1.29, 1.82) is 0 Å². The highest BCUT2D eigenvalue weighted by molar-refractivity contribution is 5.96. The topological polar surface area (TPSA) is 99.2 Å². The van der Waals surface area contributed by atoms with Crippen molar-refractivity contribution >= 4 is 23.0 Å². The number of pyridine rings is 1. The summed E-state index contributed by atoms with van der Waals surface area (Å²) in [6.07, 6.45) is 3.67. The number of fused-ring (bicyclic) bond motifs is 1. The average molecular weight is 396 g/mol. The predicted octanol–water partition coefficient (Wildman–Crippen LogP) is 2.74. The molecule has 0 bridgehead atoms. The highest BCUT2D eigenvalue weighted by atomic mass is 16.6. The van der Waals surface area contributed by atoms with E-state index >= 15 is 0 Å². The Hall–Kier alpha value is -3.46. The summed E-state index contributed by atoms with van der Waals surface area (Å²) >= 11 is 0. The molecular formula is C20H20N4O5. The van der Waals surface area contributed by atoms with Crippen LogP contribution in [0.15, 0.2) is 42.7 Å². The lowest BCUT2D eigenvalue weighted by molar-refractivity contribution is -0.384. The Bertz CT molecular complexity index is 1070. The van der Waals surface area contributed by atoms with E-state index in [1.165, 1.54) is 12.1 Å². The first-order chi connectivity index (χ1) is 14.0. The number of aryl methyl sites for hydroxylation is 1. The molecular weight excluding hydrogens is 376 g/mol. The van der Waals surface area contributed by atoms with Crippen molar-refractivity contribution in [2.24, 2.45) is 0 Å². The van der Waals surface area contributed by atoms with E-state index < -0.39 is 10.9 Å². The Morgan fingerprint density at radius 3 is 2.83 bits per heavy atom. The Balaban J connectivity index is 1.58.